The van der Waals surface area contributed by atoms with Crippen molar-refractivity contribution < 1.29 is 4.79 Å². The minimum Gasteiger partial charge on any atom is -0.353 e. The minimum atomic E-state index is -0.102. The number of nitrogens with zero attached hydrogens (tertiary/aromatic N) is 4. The molecule has 0 saturated carbocycles. The highest BCUT2D eigenvalue weighted by molar-refractivity contribution is 14.0. The van der Waals surface area contributed by atoms with E-state index in [0.717, 1.165) is 53.7 Å². The van der Waals surface area contributed by atoms with E-state index in [1.54, 1.807) is 7.05 Å². The van der Waals surface area contributed by atoms with Crippen LogP contribution in [0.1, 0.15) is 5.56 Å². The number of aliphatic imine (C=N–C) groups is 1. The van der Waals surface area contributed by atoms with E-state index in [0.29, 0.717) is 0 Å². The predicted molar refractivity (Wildman–Crippen MR) is 132 cm³/mol. The summed E-state index contributed by atoms with van der Waals surface area (Å²) in [5.41, 5.74) is 1.83. The van der Waals surface area contributed by atoms with E-state index in [2.05, 4.69) is 46.3 Å². The van der Waals surface area contributed by atoms with Gasteiger partial charge in [-0.2, -0.15) is 0 Å². The van der Waals surface area contributed by atoms with E-state index in [-0.39, 0.29) is 36.4 Å². The van der Waals surface area contributed by atoms with Crippen molar-refractivity contribution in [2.75, 3.05) is 50.0 Å². The molecular weight excluding hydrogens is 547 g/mol. The number of anilines is 2. The van der Waals surface area contributed by atoms with Crippen molar-refractivity contribution in [3.63, 3.8) is 0 Å². The van der Waals surface area contributed by atoms with Crippen LogP contribution in [0.15, 0.2) is 52.1 Å². The van der Waals surface area contributed by atoms with E-state index >= 15 is 0 Å². The number of benzene rings is 1. The second-order valence-electron chi connectivity index (χ2n) is 6.57. The highest BCUT2D eigenvalue weighted by Gasteiger charge is 2.20. The predicted octanol–water partition coefficient (Wildman–Crippen LogP) is 3.11. The van der Waals surface area contributed by atoms with Crippen LogP contribution in [0.4, 0.5) is 11.5 Å². The number of amides is 1. The molecular formula is C20H26BrIN6O. The molecule has 1 aromatic heterocycles. The Morgan fingerprint density at radius 3 is 2.62 bits per heavy atom. The highest BCUT2D eigenvalue weighted by atomic mass is 127. The van der Waals surface area contributed by atoms with Crippen LogP contribution in [0.25, 0.3) is 0 Å². The fraction of sp³-hybridized carbons (Fsp3) is 0.350. The second-order valence-corrected chi connectivity index (χ2v) is 7.49. The molecule has 3 rings (SSSR count). The number of aryl methyl sites for hydroxylation is 1. The van der Waals surface area contributed by atoms with Gasteiger partial charge in [-0.25, -0.2) is 4.98 Å². The molecule has 1 saturated heterocycles. The van der Waals surface area contributed by atoms with Crippen LogP contribution in [0.3, 0.4) is 0 Å². The topological polar surface area (TPSA) is 72.9 Å². The number of halogens is 2. The van der Waals surface area contributed by atoms with Gasteiger partial charge in [0.05, 0.1) is 6.54 Å². The maximum absolute atomic E-state index is 12.3. The fourth-order valence-electron chi connectivity index (χ4n) is 3.10. The van der Waals surface area contributed by atoms with Crippen LogP contribution in [-0.4, -0.2) is 61.5 Å². The third-order valence-corrected chi connectivity index (χ3v) is 5.14. The molecule has 1 aliphatic rings. The summed E-state index contributed by atoms with van der Waals surface area (Å²) in [4.78, 5) is 25.5. The largest absolute Gasteiger partial charge is 0.353 e. The number of aromatic nitrogens is 1. The quantitative estimate of drug-likeness (QED) is 0.335. The van der Waals surface area contributed by atoms with Gasteiger partial charge in [-0.3, -0.25) is 9.79 Å². The van der Waals surface area contributed by atoms with Gasteiger partial charge in [-0.1, -0.05) is 28.1 Å². The van der Waals surface area contributed by atoms with Gasteiger partial charge in [0.1, 0.15) is 5.82 Å². The Morgan fingerprint density at radius 2 is 1.97 bits per heavy atom. The Bertz CT molecular complexity index is 840. The van der Waals surface area contributed by atoms with E-state index in [9.17, 15) is 4.79 Å². The highest BCUT2D eigenvalue weighted by Crippen LogP contribution is 2.20. The van der Waals surface area contributed by atoms with Crippen molar-refractivity contribution in [2.24, 2.45) is 4.99 Å². The van der Waals surface area contributed by atoms with Crippen molar-refractivity contribution in [1.82, 2.24) is 15.2 Å². The first-order valence-corrected chi connectivity index (χ1v) is 10.0. The molecule has 7 nitrogen and oxygen atoms in total. The zero-order valence-electron chi connectivity index (χ0n) is 16.6. The standard InChI is InChI=1S/C20H25BrN6O.HI/c1-15-6-7-16(21)13-17(15)25-19(28)14-24-20(22-2)27-11-9-26(10-12-27)18-5-3-4-8-23-18;/h3-8,13H,9-12,14H2,1-2H3,(H,22,24)(H,25,28);1H. The molecule has 156 valence electrons. The molecule has 1 aliphatic heterocycles. The monoisotopic (exact) mass is 572 g/mol. The van der Waals surface area contributed by atoms with E-state index in [1.165, 1.54) is 0 Å². The number of carbonyl (C=O) groups excluding carboxylic acids is 1. The molecule has 2 aromatic rings. The Hall–Kier alpha value is -1.88. The number of hydrogen-bond donors (Lipinski definition) is 2. The first-order valence-electron chi connectivity index (χ1n) is 9.24. The number of carbonyl (C=O) groups is 1. The molecule has 1 amide bonds. The van der Waals surface area contributed by atoms with Gasteiger partial charge in [-0.15, -0.1) is 24.0 Å². The molecule has 9 heteroatoms. The lowest BCUT2D eigenvalue weighted by Crippen LogP contribution is -2.53. The maximum Gasteiger partial charge on any atom is 0.243 e. The minimum absolute atomic E-state index is 0. The first kappa shape index (κ1) is 23.4. The van der Waals surface area contributed by atoms with Crippen LogP contribution in [0, 0.1) is 6.92 Å². The molecule has 1 aromatic carbocycles. The molecule has 0 aliphatic carbocycles. The van der Waals surface area contributed by atoms with E-state index in [1.807, 2.05) is 49.5 Å². The summed E-state index contributed by atoms with van der Waals surface area (Å²) in [6, 6.07) is 11.8. The van der Waals surface area contributed by atoms with Crippen molar-refractivity contribution >= 4 is 63.3 Å². The number of nitrogens with one attached hydrogen (secondary N) is 2. The summed E-state index contributed by atoms with van der Waals surface area (Å²) >= 11 is 3.43. The molecule has 0 spiro atoms. The lowest BCUT2D eigenvalue weighted by atomic mass is 10.2. The van der Waals surface area contributed by atoms with Gasteiger partial charge in [0.25, 0.3) is 0 Å². The smallest absolute Gasteiger partial charge is 0.243 e. The normalized spacial score (nSPS) is 14.2. The van der Waals surface area contributed by atoms with Gasteiger partial charge >= 0.3 is 0 Å². The molecule has 0 unspecified atom stereocenters. The first-order chi connectivity index (χ1) is 13.6. The maximum atomic E-state index is 12.3. The molecule has 2 N–H and O–H groups in total. The third kappa shape index (κ3) is 6.56. The van der Waals surface area contributed by atoms with Gasteiger partial charge in [0.2, 0.25) is 5.91 Å². The van der Waals surface area contributed by atoms with Crippen LogP contribution in [0.2, 0.25) is 0 Å². The van der Waals surface area contributed by atoms with Crippen LogP contribution < -0.4 is 15.5 Å². The average Bonchev–Trinajstić information content (AvgIpc) is 2.72. The molecule has 0 atom stereocenters. The molecule has 0 bridgehead atoms. The Labute approximate surface area is 197 Å². The van der Waals surface area contributed by atoms with Gasteiger partial charge in [0.15, 0.2) is 5.96 Å². The molecule has 0 radical (unpaired) electrons. The number of hydrogen-bond acceptors (Lipinski definition) is 4. The number of guanidine groups is 1. The van der Waals surface area contributed by atoms with Crippen molar-refractivity contribution in [1.29, 1.82) is 0 Å². The third-order valence-electron chi connectivity index (χ3n) is 4.65. The summed E-state index contributed by atoms with van der Waals surface area (Å²) in [6.07, 6.45) is 1.81. The van der Waals surface area contributed by atoms with Gasteiger partial charge in [0, 0.05) is 49.6 Å². The van der Waals surface area contributed by atoms with E-state index < -0.39 is 0 Å². The van der Waals surface area contributed by atoms with Crippen molar-refractivity contribution in [3.05, 3.63) is 52.6 Å². The van der Waals surface area contributed by atoms with Crippen LogP contribution in [-0.2, 0) is 4.79 Å². The van der Waals surface area contributed by atoms with Crippen LogP contribution in [0.5, 0.6) is 0 Å². The lowest BCUT2D eigenvalue weighted by molar-refractivity contribution is -0.115. The van der Waals surface area contributed by atoms with Crippen molar-refractivity contribution in [3.8, 4) is 0 Å². The number of piperazine rings is 1. The van der Waals surface area contributed by atoms with Crippen molar-refractivity contribution in [2.45, 2.75) is 6.92 Å². The lowest BCUT2D eigenvalue weighted by Gasteiger charge is -2.37. The zero-order valence-corrected chi connectivity index (χ0v) is 20.5. The van der Waals surface area contributed by atoms with Gasteiger partial charge in [-0.05, 0) is 36.8 Å². The SMILES string of the molecule is CN=C(NCC(=O)Nc1cc(Br)ccc1C)N1CCN(c2ccccn2)CC1.I. The van der Waals surface area contributed by atoms with Gasteiger partial charge < -0.3 is 20.4 Å². The molecule has 29 heavy (non-hydrogen) atoms. The summed E-state index contributed by atoms with van der Waals surface area (Å²) in [5.74, 6) is 1.63. The van der Waals surface area contributed by atoms with Crippen LogP contribution >= 0.6 is 39.9 Å². The second kappa shape index (κ2) is 11.3. The molecule has 2 heterocycles. The molecule has 1 fully saturated rings. The Balaban J connectivity index is 0.00000300. The Kier molecular flexibility index (Phi) is 9.15. The number of rotatable bonds is 4. The average molecular weight is 573 g/mol. The summed E-state index contributed by atoms with van der Waals surface area (Å²) in [5, 5.41) is 6.11. The Morgan fingerprint density at radius 1 is 1.21 bits per heavy atom. The fourth-order valence-corrected chi connectivity index (χ4v) is 3.46. The summed E-state index contributed by atoms with van der Waals surface area (Å²) < 4.78 is 0.933. The summed E-state index contributed by atoms with van der Waals surface area (Å²) in [7, 11) is 1.74. The number of pyridine rings is 1. The van der Waals surface area contributed by atoms with E-state index in [4.69, 9.17) is 0 Å². The summed E-state index contributed by atoms with van der Waals surface area (Å²) in [6.45, 7) is 5.50. The zero-order chi connectivity index (χ0) is 19.9.